The molecule has 1 aromatic heterocycles. The number of carbonyl (C=O) groups excluding carboxylic acids is 3. The number of H-pyrrole nitrogens is 1. The zero-order chi connectivity index (χ0) is 25.6. The van der Waals surface area contributed by atoms with Crippen molar-refractivity contribution in [2.75, 3.05) is 14.2 Å². The van der Waals surface area contributed by atoms with Gasteiger partial charge in [0.25, 0.3) is 0 Å². The number of hydrogen-bond donors (Lipinski definition) is 2. The Kier molecular flexibility index (Phi) is 8.17. The molecule has 0 fully saturated rings. The first-order chi connectivity index (χ1) is 16.6. The average Bonchev–Trinajstić information content (AvgIpc) is 3.23. The average molecular weight is 480 g/mol. The van der Waals surface area contributed by atoms with Gasteiger partial charge in [-0.25, -0.2) is 9.59 Å². The molecule has 8 nitrogen and oxygen atoms in total. The van der Waals surface area contributed by atoms with Gasteiger partial charge in [-0.2, -0.15) is 0 Å². The minimum Gasteiger partial charge on any atom is -0.467 e. The molecule has 8 heteroatoms. The molecule has 0 radical (unpaired) electrons. The molecule has 0 bridgehead atoms. The largest absolute Gasteiger partial charge is 0.467 e. The second kappa shape index (κ2) is 11.1. The highest BCUT2D eigenvalue weighted by Crippen LogP contribution is 2.20. The fourth-order valence-corrected chi connectivity index (χ4v) is 3.83. The number of nitrogens with zero attached hydrogens (tertiary/aromatic N) is 1. The molecular formula is C27H33N3O5. The lowest BCUT2D eigenvalue weighted by Gasteiger charge is -2.31. The summed E-state index contributed by atoms with van der Waals surface area (Å²) in [7, 11) is 2.80. The lowest BCUT2D eigenvalue weighted by Crippen LogP contribution is -2.54. The second-order valence-electron chi connectivity index (χ2n) is 9.44. The Morgan fingerprint density at radius 3 is 2.31 bits per heavy atom. The minimum atomic E-state index is -0.933. The van der Waals surface area contributed by atoms with Crippen LogP contribution >= 0.6 is 0 Å². The molecule has 35 heavy (non-hydrogen) atoms. The van der Waals surface area contributed by atoms with Crippen LogP contribution in [0.15, 0.2) is 60.8 Å². The van der Waals surface area contributed by atoms with Crippen LogP contribution in [-0.4, -0.2) is 59.7 Å². The number of esters is 1. The minimum absolute atomic E-state index is 0.233. The first-order valence-electron chi connectivity index (χ1n) is 11.5. The van der Waals surface area contributed by atoms with E-state index in [1.54, 1.807) is 20.8 Å². The van der Waals surface area contributed by atoms with E-state index in [4.69, 9.17) is 9.47 Å². The number of aromatic nitrogens is 1. The molecule has 2 N–H and O–H groups in total. The smallest absolute Gasteiger partial charge is 0.410 e. The topological polar surface area (TPSA) is 101 Å². The van der Waals surface area contributed by atoms with Crippen molar-refractivity contribution in [3.63, 3.8) is 0 Å². The van der Waals surface area contributed by atoms with Crippen molar-refractivity contribution in [1.29, 1.82) is 0 Å². The van der Waals surface area contributed by atoms with Gasteiger partial charge in [0, 0.05) is 37.0 Å². The fourth-order valence-electron chi connectivity index (χ4n) is 3.83. The first-order valence-corrected chi connectivity index (χ1v) is 11.5. The summed E-state index contributed by atoms with van der Waals surface area (Å²) >= 11 is 0. The maximum atomic E-state index is 13.5. The van der Waals surface area contributed by atoms with Gasteiger partial charge in [-0.15, -0.1) is 0 Å². The van der Waals surface area contributed by atoms with Crippen LogP contribution in [-0.2, 0) is 31.9 Å². The molecule has 0 aliphatic carbocycles. The van der Waals surface area contributed by atoms with Crippen molar-refractivity contribution < 1.29 is 23.9 Å². The first kappa shape index (κ1) is 25.8. The summed E-state index contributed by atoms with van der Waals surface area (Å²) in [5.74, 6) is -1.04. The molecule has 0 aliphatic heterocycles. The van der Waals surface area contributed by atoms with Crippen LogP contribution in [0.1, 0.15) is 31.9 Å². The molecule has 0 spiro atoms. The number of ether oxygens (including phenoxy) is 2. The van der Waals surface area contributed by atoms with E-state index in [1.807, 2.05) is 60.8 Å². The Morgan fingerprint density at radius 2 is 1.66 bits per heavy atom. The molecular weight excluding hydrogens is 446 g/mol. The van der Waals surface area contributed by atoms with Crippen molar-refractivity contribution in [1.82, 2.24) is 15.2 Å². The number of benzene rings is 2. The number of likely N-dealkylation sites (N-methyl/N-ethyl adjacent to an activating group) is 1. The third-order valence-electron chi connectivity index (χ3n) is 5.62. The highest BCUT2D eigenvalue weighted by Gasteiger charge is 2.33. The number of aromatic amines is 1. The van der Waals surface area contributed by atoms with Crippen molar-refractivity contribution in [2.45, 2.75) is 51.3 Å². The summed E-state index contributed by atoms with van der Waals surface area (Å²) in [5, 5.41) is 3.77. The number of para-hydroxylation sites is 1. The van der Waals surface area contributed by atoms with Crippen LogP contribution in [0.5, 0.6) is 0 Å². The Balaban J connectivity index is 1.85. The highest BCUT2D eigenvalue weighted by molar-refractivity contribution is 5.91. The Morgan fingerprint density at radius 1 is 1.00 bits per heavy atom. The van der Waals surface area contributed by atoms with Crippen molar-refractivity contribution in [2.24, 2.45) is 0 Å². The predicted octanol–water partition coefficient (Wildman–Crippen LogP) is 3.85. The van der Waals surface area contributed by atoms with Gasteiger partial charge in [0.2, 0.25) is 5.91 Å². The molecule has 3 aromatic rings. The summed E-state index contributed by atoms with van der Waals surface area (Å²) in [6, 6.07) is 15.3. The van der Waals surface area contributed by atoms with Gasteiger partial charge < -0.3 is 19.8 Å². The van der Waals surface area contributed by atoms with Crippen LogP contribution < -0.4 is 5.32 Å². The van der Waals surface area contributed by atoms with Crippen LogP contribution in [0.2, 0.25) is 0 Å². The maximum Gasteiger partial charge on any atom is 0.410 e. The summed E-state index contributed by atoms with van der Waals surface area (Å²) in [6.45, 7) is 5.29. The molecule has 0 unspecified atom stereocenters. The van der Waals surface area contributed by atoms with Gasteiger partial charge >= 0.3 is 12.1 Å². The van der Waals surface area contributed by atoms with Gasteiger partial charge in [-0.05, 0) is 38.0 Å². The molecule has 186 valence electrons. The zero-order valence-corrected chi connectivity index (χ0v) is 20.8. The summed E-state index contributed by atoms with van der Waals surface area (Å²) < 4.78 is 10.5. The standard InChI is InChI=1S/C27H33N3O5/c1-27(2,3)35-26(33)30(4)23(15-18-11-7-6-8-12-18)24(31)29-22(25(32)34-5)16-19-17-28-21-14-10-9-13-20(19)21/h6-14,17,22-23,28H,15-16H2,1-5H3,(H,29,31)/t22-,23+/m0/s1. The molecule has 2 atom stereocenters. The molecule has 0 aliphatic rings. The molecule has 2 amide bonds. The van der Waals surface area contributed by atoms with Crippen LogP contribution in [0.3, 0.4) is 0 Å². The lowest BCUT2D eigenvalue weighted by molar-refractivity contribution is -0.145. The van der Waals surface area contributed by atoms with E-state index in [2.05, 4.69) is 10.3 Å². The number of nitrogens with one attached hydrogen (secondary N) is 2. The van der Waals surface area contributed by atoms with E-state index >= 15 is 0 Å². The van der Waals surface area contributed by atoms with Crippen molar-refractivity contribution in [3.8, 4) is 0 Å². The van der Waals surface area contributed by atoms with Crippen LogP contribution in [0.4, 0.5) is 4.79 Å². The summed E-state index contributed by atoms with van der Waals surface area (Å²) in [4.78, 5) is 43.4. The van der Waals surface area contributed by atoms with E-state index in [0.29, 0.717) is 0 Å². The number of rotatable bonds is 8. The predicted molar refractivity (Wildman–Crippen MR) is 134 cm³/mol. The lowest BCUT2D eigenvalue weighted by atomic mass is 10.0. The second-order valence-corrected chi connectivity index (χ2v) is 9.44. The molecule has 2 aromatic carbocycles. The molecule has 3 rings (SSSR count). The number of carbonyl (C=O) groups is 3. The van der Waals surface area contributed by atoms with E-state index in [9.17, 15) is 14.4 Å². The maximum absolute atomic E-state index is 13.5. The molecule has 0 saturated heterocycles. The van der Waals surface area contributed by atoms with E-state index in [1.165, 1.54) is 19.1 Å². The number of amides is 2. The third kappa shape index (κ3) is 6.85. The molecule has 1 heterocycles. The van der Waals surface area contributed by atoms with Gasteiger partial charge in [0.1, 0.15) is 17.7 Å². The van der Waals surface area contributed by atoms with Gasteiger partial charge in [0.05, 0.1) is 7.11 Å². The Hall–Kier alpha value is -3.81. The fraction of sp³-hybridized carbons (Fsp3) is 0.370. The summed E-state index contributed by atoms with van der Waals surface area (Å²) in [5.41, 5.74) is 1.96. The normalized spacial score (nSPS) is 13.1. The molecule has 0 saturated carbocycles. The highest BCUT2D eigenvalue weighted by atomic mass is 16.6. The number of fused-ring (bicyclic) bond motifs is 1. The SMILES string of the molecule is COC(=O)[C@H](Cc1c[nH]c2ccccc12)NC(=O)[C@@H](Cc1ccccc1)N(C)C(=O)OC(C)(C)C. The Bertz CT molecular complexity index is 1170. The van der Waals surface area contributed by atoms with Gasteiger partial charge in [0.15, 0.2) is 0 Å². The third-order valence-corrected chi connectivity index (χ3v) is 5.62. The van der Waals surface area contributed by atoms with Gasteiger partial charge in [-0.3, -0.25) is 9.69 Å². The zero-order valence-electron chi connectivity index (χ0n) is 20.8. The quantitative estimate of drug-likeness (QED) is 0.478. The monoisotopic (exact) mass is 479 g/mol. The van der Waals surface area contributed by atoms with Crippen LogP contribution in [0.25, 0.3) is 10.9 Å². The van der Waals surface area contributed by atoms with E-state index in [-0.39, 0.29) is 12.8 Å². The Labute approximate surface area is 205 Å². The van der Waals surface area contributed by atoms with Gasteiger partial charge in [-0.1, -0.05) is 48.5 Å². The number of methoxy groups -OCH3 is 1. The van der Waals surface area contributed by atoms with Crippen molar-refractivity contribution >= 4 is 28.9 Å². The van der Waals surface area contributed by atoms with E-state index in [0.717, 1.165) is 22.0 Å². The van der Waals surface area contributed by atoms with Crippen LogP contribution in [0, 0.1) is 0 Å². The number of hydrogen-bond acceptors (Lipinski definition) is 5. The van der Waals surface area contributed by atoms with E-state index < -0.39 is 35.7 Å². The van der Waals surface area contributed by atoms with Crippen molar-refractivity contribution in [3.05, 3.63) is 71.9 Å². The summed E-state index contributed by atoms with van der Waals surface area (Å²) in [6.07, 6.45) is 1.68.